The van der Waals surface area contributed by atoms with Crippen molar-refractivity contribution < 1.29 is 47.9 Å². The maximum absolute atomic E-state index is 13.4. The number of aldehydes is 1. The first-order valence-electron chi connectivity index (χ1n) is 15.6. The van der Waals surface area contributed by atoms with Crippen LogP contribution in [-0.4, -0.2) is 68.8 Å². The molecule has 2 heterocycles. The number of aromatic nitrogens is 2. The molecule has 51 heavy (non-hydrogen) atoms. The van der Waals surface area contributed by atoms with Crippen LogP contribution in [0.5, 0.6) is 34.5 Å². The summed E-state index contributed by atoms with van der Waals surface area (Å²) in [6, 6.07) is 17.7. The number of fused-ring (bicyclic) bond motifs is 1. The second kappa shape index (κ2) is 15.5. The summed E-state index contributed by atoms with van der Waals surface area (Å²) in [5, 5.41) is 12.0. The highest BCUT2D eigenvalue weighted by atomic mass is 32.1. The molecule has 1 unspecified atom stereocenters. The summed E-state index contributed by atoms with van der Waals surface area (Å²) < 4.78 is 46.0. The van der Waals surface area contributed by atoms with Crippen LogP contribution in [0.2, 0.25) is 0 Å². The van der Waals surface area contributed by atoms with Gasteiger partial charge in [0.2, 0.25) is 11.5 Å². The molecule has 0 radical (unpaired) electrons. The van der Waals surface area contributed by atoms with E-state index in [-0.39, 0.29) is 12.0 Å². The summed E-state index contributed by atoms with van der Waals surface area (Å²) in [6.45, 7) is 3.94. The Morgan fingerprint density at radius 3 is 1.82 bits per heavy atom. The molecular formula is C38H38N2O10S. The van der Waals surface area contributed by atoms with Crippen molar-refractivity contribution in [3.63, 3.8) is 0 Å². The molecule has 1 aromatic heterocycles. The van der Waals surface area contributed by atoms with Crippen LogP contribution >= 0.6 is 11.7 Å². The second-order valence-corrected chi connectivity index (χ2v) is 12.0. The molecule has 0 fully saturated rings. The Labute approximate surface area is 299 Å². The maximum atomic E-state index is 13.4. The van der Waals surface area contributed by atoms with E-state index in [4.69, 9.17) is 33.2 Å². The zero-order chi connectivity index (χ0) is 36.9. The summed E-state index contributed by atoms with van der Waals surface area (Å²) >= 11 is 1.10. The molecule has 266 valence electrons. The topological polar surface area (TPSA) is 145 Å². The van der Waals surface area contributed by atoms with Crippen molar-refractivity contribution in [2.45, 2.75) is 26.1 Å². The van der Waals surface area contributed by atoms with Crippen LogP contribution in [-0.2, 0) is 21.7 Å². The third-order valence-corrected chi connectivity index (χ3v) is 9.08. The quantitative estimate of drug-likeness (QED) is 0.122. The van der Waals surface area contributed by atoms with Crippen molar-refractivity contribution in [3.8, 4) is 34.5 Å². The number of hydrogen-bond acceptors (Lipinski definition) is 13. The van der Waals surface area contributed by atoms with Crippen LogP contribution in [0.4, 0.5) is 0 Å². The summed E-state index contributed by atoms with van der Waals surface area (Å²) in [5.74, 6) is 0.241. The number of rotatable bonds is 11. The molecule has 6 rings (SSSR count). The largest absolute Gasteiger partial charge is 0.493 e. The van der Waals surface area contributed by atoms with Gasteiger partial charge in [-0.15, -0.1) is 0 Å². The minimum Gasteiger partial charge on any atom is -0.493 e. The number of carbonyl (C=O) groups excluding carboxylic acids is 2. The van der Waals surface area contributed by atoms with Gasteiger partial charge in [0.05, 0.1) is 60.0 Å². The molecule has 0 saturated carbocycles. The molecule has 1 N–H and O–H groups in total. The van der Waals surface area contributed by atoms with E-state index in [0.717, 1.165) is 40.2 Å². The molecule has 12 nitrogen and oxygen atoms in total. The first-order valence-corrected chi connectivity index (χ1v) is 16.3. The fourth-order valence-electron chi connectivity index (χ4n) is 5.77. The second-order valence-electron chi connectivity index (χ2n) is 11.4. The van der Waals surface area contributed by atoms with Gasteiger partial charge in [-0.2, -0.15) is 8.75 Å². The number of methoxy groups -OCH3 is 6. The number of nitrogens with zero attached hydrogens (tertiary/aromatic N) is 2. The van der Waals surface area contributed by atoms with Crippen molar-refractivity contribution in [1.82, 2.24) is 8.75 Å². The lowest BCUT2D eigenvalue weighted by atomic mass is 9.87. The van der Waals surface area contributed by atoms with E-state index in [1.807, 2.05) is 26.0 Å². The number of hydrogen-bond donors (Lipinski definition) is 1. The van der Waals surface area contributed by atoms with Crippen LogP contribution in [0.3, 0.4) is 0 Å². The van der Waals surface area contributed by atoms with Crippen molar-refractivity contribution in [2.24, 2.45) is 0 Å². The molecule has 0 saturated heterocycles. The maximum Gasteiger partial charge on any atom is 0.342 e. The number of aliphatic hydroxyl groups is 1. The third kappa shape index (κ3) is 7.16. The van der Waals surface area contributed by atoms with Gasteiger partial charge >= 0.3 is 5.97 Å². The van der Waals surface area contributed by atoms with Crippen molar-refractivity contribution in [3.05, 3.63) is 99.6 Å². The number of ether oxygens (including phenoxy) is 7. The van der Waals surface area contributed by atoms with Crippen LogP contribution in [0, 0.1) is 13.8 Å². The monoisotopic (exact) mass is 714 g/mol. The van der Waals surface area contributed by atoms with Crippen LogP contribution in [0.1, 0.15) is 38.2 Å². The Morgan fingerprint density at radius 2 is 1.29 bits per heavy atom. The molecule has 1 atom stereocenters. The van der Waals surface area contributed by atoms with E-state index in [0.29, 0.717) is 62.3 Å². The molecule has 0 spiro atoms. The lowest BCUT2D eigenvalue weighted by molar-refractivity contribution is -0.185. The average Bonchev–Trinajstić information content (AvgIpc) is 3.72. The van der Waals surface area contributed by atoms with Gasteiger partial charge in [-0.1, -0.05) is 18.2 Å². The highest BCUT2D eigenvalue weighted by molar-refractivity contribution is 7.00. The average molecular weight is 715 g/mol. The first-order chi connectivity index (χ1) is 24.5. The summed E-state index contributed by atoms with van der Waals surface area (Å²) in [7, 11) is 9.14. The molecule has 0 amide bonds. The van der Waals surface area contributed by atoms with E-state index in [9.17, 15) is 14.7 Å². The van der Waals surface area contributed by atoms with Gasteiger partial charge in [-0.3, -0.25) is 4.79 Å². The lowest BCUT2D eigenvalue weighted by Crippen LogP contribution is -2.30. The molecular weight excluding hydrogens is 676 g/mol. The molecule has 13 heteroatoms. The fourth-order valence-corrected chi connectivity index (χ4v) is 6.29. The predicted molar refractivity (Wildman–Crippen MR) is 192 cm³/mol. The van der Waals surface area contributed by atoms with Gasteiger partial charge in [0.15, 0.2) is 23.0 Å². The number of aryl methyl sites for hydroxylation is 2. The highest BCUT2D eigenvalue weighted by Crippen LogP contribution is 2.47. The Morgan fingerprint density at radius 1 is 0.725 bits per heavy atom. The molecule has 0 bridgehead atoms. The summed E-state index contributed by atoms with van der Waals surface area (Å²) in [4.78, 5) is 24.0. The van der Waals surface area contributed by atoms with Gasteiger partial charge in [0, 0.05) is 23.1 Å². The van der Waals surface area contributed by atoms with Gasteiger partial charge in [0.25, 0.3) is 5.79 Å². The van der Waals surface area contributed by atoms with E-state index in [2.05, 4.69) is 8.75 Å². The van der Waals surface area contributed by atoms with Crippen molar-refractivity contribution >= 4 is 40.6 Å². The van der Waals surface area contributed by atoms with Gasteiger partial charge in [-0.05, 0) is 78.6 Å². The minimum atomic E-state index is -1.97. The first kappa shape index (κ1) is 36.6. The fraction of sp³-hybridized carbons (Fsp3) is 0.263. The van der Waals surface area contributed by atoms with E-state index < -0.39 is 11.8 Å². The zero-order valence-electron chi connectivity index (χ0n) is 29.5. The summed E-state index contributed by atoms with van der Waals surface area (Å²) in [6.07, 6.45) is 0.902. The number of carbonyl (C=O) groups is 2. The number of esters is 1. The number of benzene rings is 4. The predicted octanol–water partition coefficient (Wildman–Crippen LogP) is 6.26. The van der Waals surface area contributed by atoms with E-state index in [1.54, 1.807) is 48.5 Å². The Kier molecular flexibility index (Phi) is 11.1. The smallest absolute Gasteiger partial charge is 0.342 e. The molecule has 4 aromatic carbocycles. The van der Waals surface area contributed by atoms with Crippen LogP contribution in [0.15, 0.2) is 66.2 Å². The van der Waals surface area contributed by atoms with Crippen LogP contribution < -0.4 is 28.4 Å². The normalized spacial score (nSPS) is 15.1. The third-order valence-electron chi connectivity index (χ3n) is 8.52. The zero-order valence-corrected chi connectivity index (χ0v) is 30.3. The minimum absolute atomic E-state index is 0.175. The lowest BCUT2D eigenvalue weighted by Gasteiger charge is -2.26. The van der Waals surface area contributed by atoms with E-state index in [1.165, 1.54) is 42.7 Å². The van der Waals surface area contributed by atoms with Gasteiger partial charge in [0.1, 0.15) is 17.3 Å². The van der Waals surface area contributed by atoms with Crippen LogP contribution in [0.25, 0.3) is 16.6 Å². The Balaban J connectivity index is 0.000000303. The summed E-state index contributed by atoms with van der Waals surface area (Å²) in [5.41, 5.74) is 6.39. The van der Waals surface area contributed by atoms with E-state index >= 15 is 0 Å². The molecule has 1 aliphatic rings. The Bertz CT molecular complexity index is 2080. The van der Waals surface area contributed by atoms with Crippen molar-refractivity contribution in [2.75, 3.05) is 42.7 Å². The SMILES string of the molecule is COc1cc(C=O)cc(OC)c1OC.COc1cc(CC2=C(c3ccc4nsnc4c3)C(=O)OC2(O)c2ccc(C)c(C)c2)cc(OC)c1OC. The van der Waals surface area contributed by atoms with Gasteiger partial charge < -0.3 is 38.3 Å². The van der Waals surface area contributed by atoms with Crippen molar-refractivity contribution in [1.29, 1.82) is 0 Å². The highest BCUT2D eigenvalue weighted by Gasteiger charge is 2.48. The molecule has 0 aliphatic carbocycles. The molecule has 5 aromatic rings. The van der Waals surface area contributed by atoms with Gasteiger partial charge in [-0.25, -0.2) is 4.79 Å². The number of cyclic esters (lactones) is 1. The standard InChI is InChI=1S/C28H26N2O6S.C10H12O4/c1-15-6-8-19(10-16(15)2)28(32)20(11-17-12-23(33-3)26(35-5)24(13-17)34-4)25(27(31)36-28)18-7-9-21-22(14-18)30-37-29-21;1-12-8-4-7(6-11)5-9(13-2)10(8)14-3/h6-10,12-14,32H,11H2,1-5H3;4-6H,1-3H3. The molecule has 1 aliphatic heterocycles. The Hall–Kier alpha value is -5.66.